The minimum absolute atomic E-state index is 0.0761. The van der Waals surface area contributed by atoms with E-state index >= 15 is 0 Å². The van der Waals surface area contributed by atoms with Crippen molar-refractivity contribution < 1.29 is 9.32 Å². The van der Waals surface area contributed by atoms with E-state index in [0.29, 0.717) is 16.7 Å². The molecule has 8 heteroatoms. The molecule has 2 heterocycles. The van der Waals surface area contributed by atoms with E-state index in [2.05, 4.69) is 39.7 Å². The topological polar surface area (TPSA) is 85.8 Å². The Morgan fingerprint density at radius 3 is 2.72 bits per heavy atom. The molecule has 0 saturated heterocycles. The van der Waals surface area contributed by atoms with Crippen molar-refractivity contribution in [2.24, 2.45) is 0 Å². The largest absolute Gasteiger partial charge is 0.360 e. The van der Waals surface area contributed by atoms with E-state index in [1.165, 1.54) is 11.8 Å². The van der Waals surface area contributed by atoms with E-state index in [0.717, 1.165) is 5.56 Å². The molecule has 0 aliphatic heterocycles. The van der Waals surface area contributed by atoms with Crippen molar-refractivity contribution in [3.63, 3.8) is 0 Å². The fourth-order valence-corrected chi connectivity index (χ4v) is 3.24. The summed E-state index contributed by atoms with van der Waals surface area (Å²) in [7, 11) is 0. The highest BCUT2D eigenvalue weighted by Crippen LogP contribution is 2.27. The maximum Gasteiger partial charge on any atom is 0.238 e. The number of anilines is 1. The zero-order chi connectivity index (χ0) is 17.8. The SMILES string of the molecule is Cc1cc(NC(=O)[C@@H](C)Sc2nncn2[C@@H](C)c2ccccc2)no1. The Bertz CT molecular complexity index is 846. The van der Waals surface area contributed by atoms with Crippen LogP contribution >= 0.6 is 11.8 Å². The molecule has 1 aromatic carbocycles. The molecule has 0 radical (unpaired) electrons. The van der Waals surface area contributed by atoms with Gasteiger partial charge in [0, 0.05) is 6.07 Å². The van der Waals surface area contributed by atoms with Crippen molar-refractivity contribution in [1.82, 2.24) is 19.9 Å². The van der Waals surface area contributed by atoms with Gasteiger partial charge >= 0.3 is 0 Å². The third-order valence-electron chi connectivity index (χ3n) is 3.77. The van der Waals surface area contributed by atoms with Crippen LogP contribution in [0.25, 0.3) is 0 Å². The van der Waals surface area contributed by atoms with Crippen LogP contribution in [0.4, 0.5) is 5.82 Å². The number of hydrogen-bond acceptors (Lipinski definition) is 6. The summed E-state index contributed by atoms with van der Waals surface area (Å²) < 4.78 is 6.91. The molecule has 25 heavy (non-hydrogen) atoms. The van der Waals surface area contributed by atoms with Crippen LogP contribution in [0, 0.1) is 6.92 Å². The monoisotopic (exact) mass is 357 g/mol. The molecule has 3 aromatic rings. The molecule has 7 nitrogen and oxygen atoms in total. The number of hydrogen-bond donors (Lipinski definition) is 1. The second-order valence-corrected chi connectivity index (χ2v) is 6.99. The van der Waals surface area contributed by atoms with Crippen LogP contribution in [0.2, 0.25) is 0 Å². The van der Waals surface area contributed by atoms with Crippen LogP contribution < -0.4 is 5.32 Å². The van der Waals surface area contributed by atoms with Crippen molar-refractivity contribution in [3.8, 4) is 0 Å². The van der Waals surface area contributed by atoms with E-state index in [-0.39, 0.29) is 17.2 Å². The van der Waals surface area contributed by atoms with Crippen LogP contribution in [0.15, 0.2) is 52.4 Å². The number of aromatic nitrogens is 4. The standard InChI is InChI=1S/C17H19N5O2S/c1-11-9-15(21-24-11)19-16(23)13(3)25-17-20-18-10-22(17)12(2)14-7-5-4-6-8-14/h4-10,12-13H,1-3H3,(H,19,21,23)/t12-,13+/m0/s1. The van der Waals surface area contributed by atoms with Crippen molar-refractivity contribution in [2.45, 2.75) is 37.2 Å². The van der Waals surface area contributed by atoms with Gasteiger partial charge in [-0.15, -0.1) is 10.2 Å². The maximum absolute atomic E-state index is 12.3. The first-order valence-electron chi connectivity index (χ1n) is 7.90. The molecule has 1 N–H and O–H groups in total. The van der Waals surface area contributed by atoms with Gasteiger partial charge in [-0.1, -0.05) is 47.3 Å². The lowest BCUT2D eigenvalue weighted by atomic mass is 10.1. The van der Waals surface area contributed by atoms with E-state index in [1.54, 1.807) is 19.3 Å². The Morgan fingerprint density at radius 2 is 2.04 bits per heavy atom. The predicted molar refractivity (Wildman–Crippen MR) is 95.5 cm³/mol. The molecular weight excluding hydrogens is 338 g/mol. The van der Waals surface area contributed by atoms with Gasteiger partial charge in [0.25, 0.3) is 0 Å². The summed E-state index contributed by atoms with van der Waals surface area (Å²) in [6.45, 7) is 5.67. The van der Waals surface area contributed by atoms with Crippen LogP contribution in [0.1, 0.15) is 31.2 Å². The summed E-state index contributed by atoms with van der Waals surface area (Å²) in [5.41, 5.74) is 1.15. The van der Waals surface area contributed by atoms with Crippen molar-refractivity contribution in [1.29, 1.82) is 0 Å². The average molecular weight is 357 g/mol. The number of amides is 1. The highest BCUT2D eigenvalue weighted by molar-refractivity contribution is 8.00. The second kappa shape index (κ2) is 7.52. The number of carbonyl (C=O) groups is 1. The van der Waals surface area contributed by atoms with Crippen molar-refractivity contribution in [2.75, 3.05) is 5.32 Å². The van der Waals surface area contributed by atoms with E-state index in [4.69, 9.17) is 4.52 Å². The van der Waals surface area contributed by atoms with Gasteiger partial charge in [-0.05, 0) is 26.3 Å². The molecule has 0 spiro atoms. The van der Waals surface area contributed by atoms with Gasteiger partial charge in [-0.2, -0.15) is 0 Å². The van der Waals surface area contributed by atoms with Gasteiger partial charge in [0.2, 0.25) is 5.91 Å². The number of nitrogens with zero attached hydrogens (tertiary/aromatic N) is 4. The van der Waals surface area contributed by atoms with Crippen LogP contribution in [0.5, 0.6) is 0 Å². The summed E-state index contributed by atoms with van der Waals surface area (Å²) in [5, 5.41) is 15.0. The number of aryl methyl sites for hydroxylation is 1. The first-order chi connectivity index (χ1) is 12.0. The number of nitrogens with one attached hydrogen (secondary N) is 1. The lowest BCUT2D eigenvalue weighted by Gasteiger charge is -2.17. The van der Waals surface area contributed by atoms with E-state index < -0.39 is 0 Å². The molecule has 2 atom stereocenters. The Morgan fingerprint density at radius 1 is 1.28 bits per heavy atom. The molecule has 130 valence electrons. The lowest BCUT2D eigenvalue weighted by molar-refractivity contribution is -0.115. The molecule has 0 saturated carbocycles. The molecule has 1 amide bonds. The zero-order valence-electron chi connectivity index (χ0n) is 14.2. The first-order valence-corrected chi connectivity index (χ1v) is 8.78. The Hall–Kier alpha value is -2.61. The Balaban J connectivity index is 1.69. The van der Waals surface area contributed by atoms with Gasteiger partial charge < -0.3 is 14.4 Å². The maximum atomic E-state index is 12.3. The molecule has 0 bridgehead atoms. The highest BCUT2D eigenvalue weighted by atomic mass is 32.2. The van der Waals surface area contributed by atoms with Crippen LogP contribution in [-0.2, 0) is 4.79 Å². The van der Waals surface area contributed by atoms with E-state index in [1.807, 2.05) is 29.7 Å². The lowest BCUT2D eigenvalue weighted by Crippen LogP contribution is -2.23. The third kappa shape index (κ3) is 4.08. The molecular formula is C17H19N5O2S. The molecule has 3 rings (SSSR count). The Kier molecular flexibility index (Phi) is 5.18. The van der Waals surface area contributed by atoms with Gasteiger partial charge in [0.1, 0.15) is 12.1 Å². The summed E-state index contributed by atoms with van der Waals surface area (Å²) >= 11 is 1.35. The van der Waals surface area contributed by atoms with Gasteiger partial charge in [-0.25, -0.2) is 0 Å². The molecule has 2 aromatic heterocycles. The quantitative estimate of drug-likeness (QED) is 0.681. The number of carbonyl (C=O) groups excluding carboxylic acids is 1. The molecule has 0 unspecified atom stereocenters. The van der Waals surface area contributed by atoms with Gasteiger partial charge in [0.05, 0.1) is 11.3 Å². The first kappa shape index (κ1) is 17.2. The smallest absolute Gasteiger partial charge is 0.238 e. The summed E-state index contributed by atoms with van der Waals surface area (Å²) in [5.74, 6) is 0.890. The highest BCUT2D eigenvalue weighted by Gasteiger charge is 2.21. The fourth-order valence-electron chi connectivity index (χ4n) is 2.34. The van der Waals surface area contributed by atoms with Crippen LogP contribution in [-0.4, -0.2) is 31.1 Å². The van der Waals surface area contributed by atoms with Gasteiger partial charge in [-0.3, -0.25) is 4.79 Å². The molecule has 0 aliphatic carbocycles. The third-order valence-corrected chi connectivity index (χ3v) is 4.84. The summed E-state index contributed by atoms with van der Waals surface area (Å²) in [4.78, 5) is 12.3. The van der Waals surface area contributed by atoms with Crippen LogP contribution in [0.3, 0.4) is 0 Å². The number of rotatable bonds is 6. The number of benzene rings is 1. The van der Waals surface area contributed by atoms with E-state index in [9.17, 15) is 4.79 Å². The normalized spacial score (nSPS) is 13.4. The second-order valence-electron chi connectivity index (χ2n) is 5.68. The molecule has 0 fully saturated rings. The predicted octanol–water partition coefficient (Wildman–Crippen LogP) is 3.30. The summed E-state index contributed by atoms with van der Waals surface area (Å²) in [6.07, 6.45) is 1.69. The average Bonchev–Trinajstić information content (AvgIpc) is 3.24. The number of thioether (sulfide) groups is 1. The Labute approximate surface area is 149 Å². The summed E-state index contributed by atoms with van der Waals surface area (Å²) in [6, 6.07) is 11.8. The van der Waals surface area contributed by atoms with Crippen molar-refractivity contribution in [3.05, 3.63) is 54.0 Å². The molecule has 0 aliphatic rings. The zero-order valence-corrected chi connectivity index (χ0v) is 15.0. The van der Waals surface area contributed by atoms with Crippen molar-refractivity contribution >= 4 is 23.5 Å². The minimum Gasteiger partial charge on any atom is -0.360 e. The minimum atomic E-state index is -0.358. The van der Waals surface area contributed by atoms with Gasteiger partial charge in [0.15, 0.2) is 11.0 Å². The fraction of sp³-hybridized carbons (Fsp3) is 0.294.